The monoisotopic (exact) mass is 444 g/mol. The molecule has 32 heavy (non-hydrogen) atoms. The van der Waals surface area contributed by atoms with E-state index in [0.29, 0.717) is 17.7 Å². The van der Waals surface area contributed by atoms with Crippen molar-refractivity contribution in [1.82, 2.24) is 4.90 Å². The van der Waals surface area contributed by atoms with E-state index in [-0.39, 0.29) is 35.3 Å². The summed E-state index contributed by atoms with van der Waals surface area (Å²) in [6.45, 7) is -3.02. The molecule has 0 aromatic heterocycles. The number of likely N-dealkylation sites (tertiary alicyclic amines) is 1. The highest BCUT2D eigenvalue weighted by atomic mass is 19.3. The van der Waals surface area contributed by atoms with Gasteiger partial charge in [-0.1, -0.05) is 31.0 Å². The Hall–Kier alpha value is -3.16. The highest BCUT2D eigenvalue weighted by Gasteiger charge is 2.47. The lowest BCUT2D eigenvalue weighted by Crippen LogP contribution is -2.47. The molecule has 3 unspecified atom stereocenters. The molecule has 6 nitrogen and oxygen atoms in total. The molecule has 1 aliphatic heterocycles. The van der Waals surface area contributed by atoms with Gasteiger partial charge in [-0.15, -0.1) is 0 Å². The lowest BCUT2D eigenvalue weighted by molar-refractivity contribution is -0.120. The predicted octanol–water partition coefficient (Wildman–Crippen LogP) is 4.71. The Morgan fingerprint density at radius 2 is 1.81 bits per heavy atom. The summed E-state index contributed by atoms with van der Waals surface area (Å²) >= 11 is 0. The first-order valence-corrected chi connectivity index (χ1v) is 10.8. The van der Waals surface area contributed by atoms with Crippen molar-refractivity contribution in [2.24, 2.45) is 5.92 Å². The van der Waals surface area contributed by atoms with Gasteiger partial charge in [-0.25, -0.2) is 0 Å². The van der Waals surface area contributed by atoms with Crippen LogP contribution in [0.4, 0.5) is 14.5 Å². The number of methoxy groups -OCH3 is 1. The van der Waals surface area contributed by atoms with Crippen molar-refractivity contribution in [2.45, 2.75) is 50.8 Å². The van der Waals surface area contributed by atoms with Crippen LogP contribution in [0, 0.1) is 5.92 Å². The molecule has 1 saturated carbocycles. The lowest BCUT2D eigenvalue weighted by atomic mass is 9.84. The summed E-state index contributed by atoms with van der Waals surface area (Å²) in [5, 5.41) is 2.78. The van der Waals surface area contributed by atoms with Gasteiger partial charge >= 0.3 is 6.61 Å². The maximum absolute atomic E-state index is 13.4. The molecule has 2 aliphatic rings. The summed E-state index contributed by atoms with van der Waals surface area (Å²) in [7, 11) is 1.35. The van der Waals surface area contributed by atoms with Gasteiger partial charge in [0.25, 0.3) is 5.91 Å². The molecule has 2 fully saturated rings. The SMILES string of the molecule is COc1ccc(NC(=O)C2CC3CCCCC3N2C(=O)c2ccccc2)cc1OC(F)F. The number of nitrogens with zero attached hydrogens (tertiary/aromatic N) is 1. The number of amides is 2. The van der Waals surface area contributed by atoms with E-state index in [9.17, 15) is 18.4 Å². The van der Waals surface area contributed by atoms with Gasteiger partial charge in [-0.05, 0) is 49.4 Å². The van der Waals surface area contributed by atoms with Crippen LogP contribution in [0.1, 0.15) is 42.5 Å². The number of benzene rings is 2. The number of hydrogen-bond acceptors (Lipinski definition) is 4. The lowest BCUT2D eigenvalue weighted by Gasteiger charge is -2.33. The summed E-state index contributed by atoms with van der Waals surface area (Å²) in [5.74, 6) is -0.247. The average molecular weight is 444 g/mol. The van der Waals surface area contributed by atoms with Crippen LogP contribution in [0.2, 0.25) is 0 Å². The van der Waals surface area contributed by atoms with Crippen molar-refractivity contribution in [2.75, 3.05) is 12.4 Å². The van der Waals surface area contributed by atoms with E-state index in [0.717, 1.165) is 25.7 Å². The summed E-state index contributed by atoms with van der Waals surface area (Å²) in [5.41, 5.74) is 0.849. The number of ether oxygens (including phenoxy) is 2. The van der Waals surface area contributed by atoms with Crippen molar-refractivity contribution in [1.29, 1.82) is 0 Å². The number of carbonyl (C=O) groups is 2. The highest BCUT2D eigenvalue weighted by Crippen LogP contribution is 2.41. The Bertz CT molecular complexity index is 970. The van der Waals surface area contributed by atoms with E-state index in [1.165, 1.54) is 19.2 Å². The Morgan fingerprint density at radius 1 is 1.06 bits per heavy atom. The first kappa shape index (κ1) is 22.0. The molecule has 1 heterocycles. The van der Waals surface area contributed by atoms with Crippen molar-refractivity contribution in [3.05, 3.63) is 54.1 Å². The zero-order chi connectivity index (χ0) is 22.7. The smallest absolute Gasteiger partial charge is 0.387 e. The maximum atomic E-state index is 13.4. The molecule has 1 saturated heterocycles. The van der Waals surface area contributed by atoms with Crippen LogP contribution in [0.3, 0.4) is 0 Å². The third-order valence-corrected chi connectivity index (χ3v) is 6.29. The minimum absolute atomic E-state index is 0.0285. The molecule has 4 rings (SSSR count). The topological polar surface area (TPSA) is 67.9 Å². The third-order valence-electron chi connectivity index (χ3n) is 6.29. The normalized spacial score (nSPS) is 22.4. The van der Waals surface area contributed by atoms with Crippen LogP contribution >= 0.6 is 0 Å². The van der Waals surface area contributed by atoms with E-state index < -0.39 is 12.7 Å². The van der Waals surface area contributed by atoms with Crippen LogP contribution in [0.15, 0.2) is 48.5 Å². The van der Waals surface area contributed by atoms with Crippen LogP contribution in [0.5, 0.6) is 11.5 Å². The predicted molar refractivity (Wildman–Crippen MR) is 115 cm³/mol. The first-order valence-electron chi connectivity index (χ1n) is 10.8. The van der Waals surface area contributed by atoms with Gasteiger partial charge in [-0.3, -0.25) is 9.59 Å². The Labute approximate surface area is 185 Å². The molecule has 2 amide bonds. The van der Waals surface area contributed by atoms with E-state index in [1.54, 1.807) is 35.2 Å². The largest absolute Gasteiger partial charge is 0.493 e. The number of anilines is 1. The van der Waals surface area contributed by atoms with Crippen LogP contribution in [-0.4, -0.2) is 42.5 Å². The summed E-state index contributed by atoms with van der Waals surface area (Å²) < 4.78 is 35.0. The summed E-state index contributed by atoms with van der Waals surface area (Å²) in [6, 6.07) is 12.7. The number of nitrogens with one attached hydrogen (secondary N) is 1. The van der Waals surface area contributed by atoms with E-state index >= 15 is 0 Å². The highest BCUT2D eigenvalue weighted by molar-refractivity contribution is 6.02. The van der Waals surface area contributed by atoms with E-state index in [2.05, 4.69) is 10.1 Å². The van der Waals surface area contributed by atoms with E-state index in [1.807, 2.05) is 6.07 Å². The summed E-state index contributed by atoms with van der Waals surface area (Å²) in [6.07, 6.45) is 4.58. The molecule has 170 valence electrons. The van der Waals surface area contributed by atoms with Crippen LogP contribution in [-0.2, 0) is 4.79 Å². The van der Waals surface area contributed by atoms with Crippen LogP contribution < -0.4 is 14.8 Å². The van der Waals surface area contributed by atoms with Crippen molar-refractivity contribution in [3.63, 3.8) is 0 Å². The molecule has 0 bridgehead atoms. The van der Waals surface area contributed by atoms with Crippen molar-refractivity contribution in [3.8, 4) is 11.5 Å². The number of halogens is 2. The molecule has 1 aliphatic carbocycles. The molecule has 2 aromatic rings. The average Bonchev–Trinajstić information content (AvgIpc) is 3.19. The molecule has 3 atom stereocenters. The minimum atomic E-state index is -3.02. The van der Waals surface area contributed by atoms with Gasteiger partial charge in [0.1, 0.15) is 6.04 Å². The fourth-order valence-electron chi connectivity index (χ4n) is 4.88. The molecule has 2 aromatic carbocycles. The fraction of sp³-hybridized carbons (Fsp3) is 0.417. The molecule has 0 spiro atoms. The molecular formula is C24H26F2N2O4. The van der Waals surface area contributed by atoms with Gasteiger partial charge in [0.15, 0.2) is 11.5 Å². The van der Waals surface area contributed by atoms with Crippen LogP contribution in [0.25, 0.3) is 0 Å². The maximum Gasteiger partial charge on any atom is 0.387 e. The van der Waals surface area contributed by atoms with Gasteiger partial charge in [0, 0.05) is 23.4 Å². The second kappa shape index (κ2) is 9.54. The molecule has 1 N–H and O–H groups in total. The second-order valence-electron chi connectivity index (χ2n) is 8.18. The third kappa shape index (κ3) is 4.54. The molecule has 0 radical (unpaired) electrons. The summed E-state index contributed by atoms with van der Waals surface area (Å²) in [4.78, 5) is 28.4. The van der Waals surface area contributed by atoms with Gasteiger partial charge in [0.2, 0.25) is 5.91 Å². The van der Waals surface area contributed by atoms with Gasteiger partial charge in [-0.2, -0.15) is 8.78 Å². The second-order valence-corrected chi connectivity index (χ2v) is 8.18. The minimum Gasteiger partial charge on any atom is -0.493 e. The number of rotatable bonds is 6. The number of fused-ring (bicyclic) bond motifs is 1. The quantitative estimate of drug-likeness (QED) is 0.701. The van der Waals surface area contributed by atoms with Crippen molar-refractivity contribution < 1.29 is 27.8 Å². The fourth-order valence-corrected chi connectivity index (χ4v) is 4.88. The number of carbonyl (C=O) groups excluding carboxylic acids is 2. The Kier molecular flexibility index (Phi) is 6.58. The Morgan fingerprint density at radius 3 is 2.53 bits per heavy atom. The number of alkyl halides is 2. The Balaban J connectivity index is 1.58. The van der Waals surface area contributed by atoms with E-state index in [4.69, 9.17) is 4.74 Å². The molecular weight excluding hydrogens is 418 g/mol. The standard InChI is InChI=1S/C24H26F2N2O4/c1-31-20-12-11-17(14-21(20)32-24(25)26)27-22(29)19-13-16-9-5-6-10-18(16)28(19)23(30)15-7-3-2-4-8-15/h2-4,7-8,11-12,14,16,18-19,24H,5-6,9-10,13H2,1H3,(H,27,29). The molecule has 8 heteroatoms. The van der Waals surface area contributed by atoms with Crippen molar-refractivity contribution >= 4 is 17.5 Å². The first-order chi connectivity index (χ1) is 15.5. The van der Waals surface area contributed by atoms with Gasteiger partial charge < -0.3 is 19.7 Å². The number of hydrogen-bond donors (Lipinski definition) is 1. The van der Waals surface area contributed by atoms with Gasteiger partial charge in [0.05, 0.1) is 7.11 Å². The zero-order valence-corrected chi connectivity index (χ0v) is 17.8. The zero-order valence-electron chi connectivity index (χ0n) is 17.8.